The number of benzene rings is 2. The van der Waals surface area contributed by atoms with Crippen LogP contribution in [0, 0.1) is 13.8 Å². The molecule has 4 rings (SSSR count). The molecule has 1 amide bonds. The molecule has 0 aliphatic rings. The lowest BCUT2D eigenvalue weighted by Crippen LogP contribution is -2.39. The largest absolute Gasteiger partial charge is 0.497 e. The molecule has 1 unspecified atom stereocenters. The maximum Gasteiger partial charge on any atom is 0.234 e. The number of fused-ring (bicyclic) bond motifs is 1. The van der Waals surface area contributed by atoms with E-state index in [1.165, 1.54) is 0 Å². The second-order valence-electron chi connectivity index (χ2n) is 8.67. The maximum absolute atomic E-state index is 13.3. The van der Waals surface area contributed by atoms with Gasteiger partial charge in [-0.2, -0.15) is 0 Å². The number of amides is 1. The SMILES string of the molecule is CCC(C(=O)NC(=NCCc1c[nH]c2ccc(OC)cc12)Nc1nc(C)cc(C)n1)c1ccccc1. The minimum atomic E-state index is -0.292. The first-order valence-electron chi connectivity index (χ1n) is 12.1. The van der Waals surface area contributed by atoms with Crippen LogP contribution < -0.4 is 15.4 Å². The third-order valence-electron chi connectivity index (χ3n) is 6.01. The van der Waals surface area contributed by atoms with E-state index in [-0.39, 0.29) is 11.8 Å². The standard InChI is InChI=1S/C28H32N6O2/c1-5-23(20-9-7-6-8-10-20)26(35)33-27(34-28-31-18(2)15-19(3)32-28)29-14-13-21-17-30-25-12-11-22(36-4)16-24(21)25/h6-12,15-17,23,30H,5,13-14H2,1-4H3,(H2,29,31,32,33,34,35). The van der Waals surface area contributed by atoms with Crippen molar-refractivity contribution in [2.45, 2.75) is 39.5 Å². The van der Waals surface area contributed by atoms with Crippen LogP contribution in [-0.2, 0) is 11.2 Å². The van der Waals surface area contributed by atoms with Crippen molar-refractivity contribution in [1.82, 2.24) is 20.3 Å². The van der Waals surface area contributed by atoms with Crippen LogP contribution in [0.3, 0.4) is 0 Å². The topological polar surface area (TPSA) is 104 Å². The molecule has 186 valence electrons. The number of anilines is 1. The summed E-state index contributed by atoms with van der Waals surface area (Å²) < 4.78 is 5.38. The van der Waals surface area contributed by atoms with Crippen LogP contribution in [0.4, 0.5) is 5.95 Å². The number of aliphatic imine (C=N–C) groups is 1. The highest BCUT2D eigenvalue weighted by molar-refractivity contribution is 6.05. The number of nitrogens with one attached hydrogen (secondary N) is 3. The Bertz CT molecular complexity index is 1340. The van der Waals surface area contributed by atoms with E-state index in [0.29, 0.717) is 31.3 Å². The number of hydrogen-bond donors (Lipinski definition) is 3. The molecule has 0 aliphatic heterocycles. The zero-order chi connectivity index (χ0) is 25.5. The van der Waals surface area contributed by atoms with Gasteiger partial charge in [0.2, 0.25) is 17.8 Å². The van der Waals surface area contributed by atoms with Crippen molar-refractivity contribution in [2.24, 2.45) is 4.99 Å². The quantitative estimate of drug-likeness (QED) is 0.244. The van der Waals surface area contributed by atoms with Gasteiger partial charge in [0.05, 0.1) is 13.0 Å². The van der Waals surface area contributed by atoms with Gasteiger partial charge >= 0.3 is 0 Å². The van der Waals surface area contributed by atoms with Crippen molar-refractivity contribution in [3.05, 3.63) is 83.3 Å². The smallest absolute Gasteiger partial charge is 0.234 e. The number of ether oxygens (including phenoxy) is 1. The fraction of sp³-hybridized carbons (Fsp3) is 0.286. The number of carbonyl (C=O) groups is 1. The predicted octanol–water partition coefficient (Wildman–Crippen LogP) is 4.90. The van der Waals surface area contributed by atoms with Gasteiger partial charge in [-0.05, 0) is 62.1 Å². The van der Waals surface area contributed by atoms with E-state index in [4.69, 9.17) is 9.73 Å². The Morgan fingerprint density at radius 2 is 1.83 bits per heavy atom. The van der Waals surface area contributed by atoms with Gasteiger partial charge < -0.3 is 9.72 Å². The van der Waals surface area contributed by atoms with Crippen LogP contribution in [-0.4, -0.2) is 40.5 Å². The highest BCUT2D eigenvalue weighted by Crippen LogP contribution is 2.24. The summed E-state index contributed by atoms with van der Waals surface area (Å²) in [7, 11) is 1.66. The Hall–Kier alpha value is -4.20. The molecular weight excluding hydrogens is 452 g/mol. The number of hydrogen-bond acceptors (Lipinski definition) is 5. The van der Waals surface area contributed by atoms with E-state index in [1.807, 2.05) is 81.6 Å². The number of rotatable bonds is 8. The zero-order valence-electron chi connectivity index (χ0n) is 21.1. The summed E-state index contributed by atoms with van der Waals surface area (Å²) >= 11 is 0. The lowest BCUT2D eigenvalue weighted by atomic mass is 9.96. The third-order valence-corrected chi connectivity index (χ3v) is 6.01. The summed E-state index contributed by atoms with van der Waals surface area (Å²) in [6, 6.07) is 17.6. The first-order valence-corrected chi connectivity index (χ1v) is 12.1. The van der Waals surface area contributed by atoms with E-state index in [0.717, 1.165) is 39.2 Å². The average Bonchev–Trinajstić information content (AvgIpc) is 3.26. The highest BCUT2D eigenvalue weighted by atomic mass is 16.5. The molecule has 0 spiro atoms. The van der Waals surface area contributed by atoms with Crippen LogP contribution in [0.15, 0.2) is 65.8 Å². The lowest BCUT2D eigenvalue weighted by Gasteiger charge is -2.17. The second kappa shape index (κ2) is 11.5. The van der Waals surface area contributed by atoms with Gasteiger partial charge in [0.25, 0.3) is 0 Å². The second-order valence-corrected chi connectivity index (χ2v) is 8.67. The zero-order valence-corrected chi connectivity index (χ0v) is 21.1. The van der Waals surface area contributed by atoms with Gasteiger partial charge in [0.15, 0.2) is 0 Å². The molecule has 0 bridgehead atoms. The summed E-state index contributed by atoms with van der Waals surface area (Å²) in [4.78, 5) is 30.1. The predicted molar refractivity (Wildman–Crippen MR) is 144 cm³/mol. The van der Waals surface area contributed by atoms with Crippen molar-refractivity contribution in [2.75, 3.05) is 19.0 Å². The molecule has 0 aliphatic carbocycles. The van der Waals surface area contributed by atoms with Crippen LogP contribution in [0.25, 0.3) is 10.9 Å². The molecule has 2 aromatic carbocycles. The number of methoxy groups -OCH3 is 1. The Morgan fingerprint density at radius 1 is 1.08 bits per heavy atom. The highest BCUT2D eigenvalue weighted by Gasteiger charge is 2.20. The van der Waals surface area contributed by atoms with E-state index in [1.54, 1.807) is 7.11 Å². The number of aryl methyl sites for hydroxylation is 2. The number of carbonyl (C=O) groups excluding carboxylic acids is 1. The Kier molecular flexibility index (Phi) is 7.95. The minimum absolute atomic E-state index is 0.129. The molecule has 4 aromatic rings. The molecule has 36 heavy (non-hydrogen) atoms. The third kappa shape index (κ3) is 6.07. The number of aromatic amines is 1. The molecule has 0 fully saturated rings. The lowest BCUT2D eigenvalue weighted by molar-refractivity contribution is -0.121. The first-order chi connectivity index (χ1) is 17.5. The number of guanidine groups is 1. The Labute approximate surface area is 211 Å². The summed E-state index contributed by atoms with van der Waals surface area (Å²) in [6.45, 7) is 6.27. The summed E-state index contributed by atoms with van der Waals surface area (Å²) in [6.07, 6.45) is 3.33. The summed E-state index contributed by atoms with van der Waals surface area (Å²) in [5.74, 6) is 1.11. The Morgan fingerprint density at radius 3 is 2.53 bits per heavy atom. The fourth-order valence-electron chi connectivity index (χ4n) is 4.24. The molecule has 3 N–H and O–H groups in total. The molecule has 2 heterocycles. The van der Waals surface area contributed by atoms with E-state index in [2.05, 4.69) is 25.6 Å². The van der Waals surface area contributed by atoms with Crippen molar-refractivity contribution in [3.8, 4) is 5.75 Å². The van der Waals surface area contributed by atoms with Crippen molar-refractivity contribution in [3.63, 3.8) is 0 Å². The number of aromatic nitrogens is 3. The molecule has 0 radical (unpaired) electrons. The maximum atomic E-state index is 13.3. The van der Waals surface area contributed by atoms with E-state index < -0.39 is 0 Å². The first kappa shape index (κ1) is 24.9. The average molecular weight is 485 g/mol. The van der Waals surface area contributed by atoms with Crippen molar-refractivity contribution in [1.29, 1.82) is 0 Å². The Balaban J connectivity index is 1.56. The van der Waals surface area contributed by atoms with Gasteiger partial charge in [-0.3, -0.25) is 20.4 Å². The minimum Gasteiger partial charge on any atom is -0.497 e. The van der Waals surface area contributed by atoms with Gasteiger partial charge in [0, 0.05) is 35.0 Å². The normalized spacial score (nSPS) is 12.4. The summed E-state index contributed by atoms with van der Waals surface area (Å²) in [5, 5.41) is 7.20. The number of H-pyrrole nitrogens is 1. The van der Waals surface area contributed by atoms with Gasteiger partial charge in [-0.25, -0.2) is 9.97 Å². The van der Waals surface area contributed by atoms with Gasteiger partial charge in [-0.1, -0.05) is 37.3 Å². The molecule has 0 saturated heterocycles. The molecule has 0 saturated carbocycles. The summed E-state index contributed by atoms with van der Waals surface area (Å²) in [5.41, 5.74) is 4.79. The molecule has 2 aromatic heterocycles. The number of nitrogens with zero attached hydrogens (tertiary/aromatic N) is 3. The van der Waals surface area contributed by atoms with Crippen LogP contribution >= 0.6 is 0 Å². The van der Waals surface area contributed by atoms with E-state index in [9.17, 15) is 4.79 Å². The van der Waals surface area contributed by atoms with Crippen LogP contribution in [0.2, 0.25) is 0 Å². The molecular formula is C28H32N6O2. The molecule has 1 atom stereocenters. The fourth-order valence-corrected chi connectivity index (χ4v) is 4.24. The van der Waals surface area contributed by atoms with Crippen molar-refractivity contribution < 1.29 is 9.53 Å². The van der Waals surface area contributed by atoms with Crippen LogP contribution in [0.1, 0.15) is 41.8 Å². The van der Waals surface area contributed by atoms with Crippen molar-refractivity contribution >= 4 is 28.7 Å². The van der Waals surface area contributed by atoms with Gasteiger partial charge in [-0.15, -0.1) is 0 Å². The monoisotopic (exact) mass is 484 g/mol. The molecule has 8 nitrogen and oxygen atoms in total. The molecule has 8 heteroatoms. The van der Waals surface area contributed by atoms with Gasteiger partial charge in [0.1, 0.15) is 5.75 Å². The van der Waals surface area contributed by atoms with E-state index >= 15 is 0 Å². The van der Waals surface area contributed by atoms with Crippen LogP contribution in [0.5, 0.6) is 5.75 Å².